The molecule has 3 aromatic heterocycles. The first-order valence-electron chi connectivity index (χ1n) is 10.6. The van der Waals surface area contributed by atoms with Gasteiger partial charge in [-0.05, 0) is 55.5 Å². The summed E-state index contributed by atoms with van der Waals surface area (Å²) in [6, 6.07) is 9.29. The quantitative estimate of drug-likeness (QED) is 0.454. The lowest BCUT2D eigenvalue weighted by Gasteiger charge is -2.26. The molecule has 5 rings (SSSR count). The van der Waals surface area contributed by atoms with Crippen LogP contribution in [0.5, 0.6) is 0 Å². The molecule has 0 bridgehead atoms. The van der Waals surface area contributed by atoms with Crippen molar-refractivity contribution in [3.8, 4) is 11.1 Å². The maximum atomic E-state index is 13.2. The van der Waals surface area contributed by atoms with Crippen LogP contribution in [0.4, 0.5) is 10.6 Å². The van der Waals surface area contributed by atoms with Crippen LogP contribution in [-0.4, -0.2) is 41.5 Å². The fraction of sp³-hybridized carbons (Fsp3) is 0.304. The van der Waals surface area contributed by atoms with Gasteiger partial charge in [-0.15, -0.1) is 0 Å². The van der Waals surface area contributed by atoms with Crippen LogP contribution in [0.3, 0.4) is 0 Å². The van der Waals surface area contributed by atoms with Crippen LogP contribution in [0.25, 0.3) is 33.1 Å². The summed E-state index contributed by atoms with van der Waals surface area (Å²) in [7, 11) is 1.76. The minimum absolute atomic E-state index is 0.0342. The zero-order chi connectivity index (χ0) is 22.4. The van der Waals surface area contributed by atoms with Crippen LogP contribution >= 0.6 is 0 Å². The van der Waals surface area contributed by atoms with Crippen LogP contribution in [0, 0.1) is 0 Å². The first-order valence-corrected chi connectivity index (χ1v) is 10.6. The lowest BCUT2D eigenvalue weighted by Crippen LogP contribution is -2.29. The third-order valence-electron chi connectivity index (χ3n) is 6.28. The van der Waals surface area contributed by atoms with Gasteiger partial charge in [-0.3, -0.25) is 19.4 Å². The number of carboxylic acid groups (broad SMARTS) is 1. The molecule has 1 aromatic carbocycles. The molecule has 1 aliphatic carbocycles. The number of carbonyl (C=O) groups is 1. The van der Waals surface area contributed by atoms with Crippen molar-refractivity contribution >= 4 is 33.8 Å². The predicted octanol–water partition coefficient (Wildman–Crippen LogP) is 3.52. The minimum atomic E-state index is -1.17. The van der Waals surface area contributed by atoms with E-state index in [9.17, 15) is 14.7 Å². The van der Waals surface area contributed by atoms with Gasteiger partial charge in [0.2, 0.25) is 0 Å². The van der Waals surface area contributed by atoms with Gasteiger partial charge in [0, 0.05) is 30.2 Å². The summed E-state index contributed by atoms with van der Waals surface area (Å²) >= 11 is 0. The minimum Gasteiger partial charge on any atom is -0.465 e. The van der Waals surface area contributed by atoms with Gasteiger partial charge in [0.05, 0.1) is 28.9 Å². The van der Waals surface area contributed by atoms with Gasteiger partial charge in [0.1, 0.15) is 5.82 Å². The second kappa shape index (κ2) is 7.76. The van der Waals surface area contributed by atoms with Crippen LogP contribution in [0.2, 0.25) is 0 Å². The Hall–Kier alpha value is -3.72. The molecule has 164 valence electrons. The van der Waals surface area contributed by atoms with Crippen molar-refractivity contribution in [2.45, 2.75) is 37.8 Å². The van der Waals surface area contributed by atoms with Crippen molar-refractivity contribution in [3.63, 3.8) is 0 Å². The Labute approximate surface area is 183 Å². The number of rotatable bonds is 3. The zero-order valence-corrected chi connectivity index (χ0v) is 17.5. The number of imidazole rings is 1. The number of benzene rings is 1. The first kappa shape index (κ1) is 20.2. The average molecular weight is 433 g/mol. The number of fused-ring (bicyclic) bond motifs is 3. The zero-order valence-electron chi connectivity index (χ0n) is 17.5. The number of aryl methyl sites for hydroxylation is 1. The third kappa shape index (κ3) is 3.40. The third-order valence-corrected chi connectivity index (χ3v) is 6.28. The van der Waals surface area contributed by atoms with Gasteiger partial charge < -0.3 is 10.2 Å². The largest absolute Gasteiger partial charge is 0.465 e. The second-order valence-electron chi connectivity index (χ2n) is 8.26. The van der Waals surface area contributed by atoms with Crippen molar-refractivity contribution in [2.24, 2.45) is 7.05 Å². The normalized spacial score (nSPS) is 18.8. The van der Waals surface area contributed by atoms with Gasteiger partial charge in [-0.25, -0.2) is 14.6 Å². The number of nitrogens with zero attached hydrogens (tertiary/aromatic N) is 4. The average Bonchev–Trinajstić information content (AvgIpc) is 3.05. The van der Waals surface area contributed by atoms with E-state index in [-0.39, 0.29) is 23.7 Å². The molecule has 1 saturated carbocycles. The van der Waals surface area contributed by atoms with Crippen molar-refractivity contribution in [2.75, 3.05) is 5.32 Å². The standard InChI is InChI=1S/C23H23N5O4/c1-27-19-12-24-18-8-2-13(14-3-9-20(25-11-14)26-22(30)31)10-17(18)21(19)28(23(27)32)15-4-6-16(29)7-5-15/h2-3,8-12,15-16,29H,4-7H2,1H3,(H,25,26)(H,30,31). The molecule has 1 aliphatic rings. The van der Waals surface area contributed by atoms with Crippen molar-refractivity contribution < 1.29 is 15.0 Å². The van der Waals surface area contributed by atoms with E-state index in [1.54, 1.807) is 36.1 Å². The molecular weight excluding hydrogens is 410 g/mol. The van der Waals surface area contributed by atoms with Crippen LogP contribution in [-0.2, 0) is 7.05 Å². The van der Waals surface area contributed by atoms with E-state index in [0.29, 0.717) is 12.8 Å². The van der Waals surface area contributed by atoms with E-state index in [1.807, 2.05) is 22.8 Å². The molecule has 9 nitrogen and oxygen atoms in total. The predicted molar refractivity (Wildman–Crippen MR) is 121 cm³/mol. The lowest BCUT2D eigenvalue weighted by atomic mass is 9.92. The highest BCUT2D eigenvalue weighted by atomic mass is 16.4. The van der Waals surface area contributed by atoms with Gasteiger partial charge in [-0.1, -0.05) is 6.07 Å². The second-order valence-corrected chi connectivity index (χ2v) is 8.26. The topological polar surface area (TPSA) is 122 Å². The first-order chi connectivity index (χ1) is 15.4. The molecule has 0 saturated heterocycles. The van der Waals surface area contributed by atoms with E-state index < -0.39 is 6.09 Å². The monoisotopic (exact) mass is 433 g/mol. The fourth-order valence-electron chi connectivity index (χ4n) is 4.61. The molecule has 0 spiro atoms. The fourth-order valence-corrected chi connectivity index (χ4v) is 4.61. The molecule has 0 aliphatic heterocycles. The number of pyridine rings is 2. The van der Waals surface area contributed by atoms with Crippen LogP contribution in [0.15, 0.2) is 47.5 Å². The molecule has 0 unspecified atom stereocenters. The van der Waals surface area contributed by atoms with Gasteiger partial charge in [0.15, 0.2) is 0 Å². The number of anilines is 1. The Morgan fingerprint density at radius 3 is 2.50 bits per heavy atom. The van der Waals surface area contributed by atoms with Crippen LogP contribution < -0.4 is 11.0 Å². The Bertz CT molecular complexity index is 1380. The summed E-state index contributed by atoms with van der Waals surface area (Å²) in [5.41, 5.74) is 4.04. The van der Waals surface area contributed by atoms with Gasteiger partial charge >= 0.3 is 11.8 Å². The number of hydrogen-bond acceptors (Lipinski definition) is 5. The highest BCUT2D eigenvalue weighted by Gasteiger charge is 2.26. The van der Waals surface area contributed by atoms with Gasteiger partial charge in [-0.2, -0.15) is 0 Å². The molecule has 0 atom stereocenters. The molecule has 1 amide bonds. The van der Waals surface area contributed by atoms with Gasteiger partial charge in [0.25, 0.3) is 0 Å². The Morgan fingerprint density at radius 2 is 1.81 bits per heavy atom. The number of amides is 1. The molecule has 32 heavy (non-hydrogen) atoms. The van der Waals surface area contributed by atoms with Crippen LogP contribution in [0.1, 0.15) is 31.7 Å². The summed E-state index contributed by atoms with van der Waals surface area (Å²) in [5.74, 6) is 0.252. The number of aliphatic hydroxyl groups excluding tert-OH is 1. The smallest absolute Gasteiger partial charge is 0.410 e. The molecule has 3 N–H and O–H groups in total. The molecular formula is C23H23N5O4. The maximum absolute atomic E-state index is 13.2. The Morgan fingerprint density at radius 1 is 1.06 bits per heavy atom. The maximum Gasteiger partial charge on any atom is 0.410 e. The number of hydrogen-bond donors (Lipinski definition) is 3. The molecule has 1 fully saturated rings. The highest BCUT2D eigenvalue weighted by Crippen LogP contribution is 2.34. The highest BCUT2D eigenvalue weighted by molar-refractivity contribution is 6.04. The summed E-state index contributed by atoms with van der Waals surface area (Å²) in [6.07, 6.45) is 4.77. The number of aromatic nitrogens is 4. The summed E-state index contributed by atoms with van der Waals surface area (Å²) in [5, 5.41) is 21.9. The Kier molecular flexibility index (Phi) is 4.90. The summed E-state index contributed by atoms with van der Waals surface area (Å²) < 4.78 is 3.50. The van der Waals surface area contributed by atoms with E-state index in [2.05, 4.69) is 15.3 Å². The van der Waals surface area contributed by atoms with Crippen molar-refractivity contribution in [1.29, 1.82) is 0 Å². The molecule has 3 heterocycles. The molecule has 9 heteroatoms. The lowest BCUT2D eigenvalue weighted by molar-refractivity contribution is 0.111. The van der Waals surface area contributed by atoms with E-state index in [4.69, 9.17) is 5.11 Å². The number of nitrogens with one attached hydrogen (secondary N) is 1. The SMILES string of the molecule is Cn1c(=O)n(C2CCC(O)CC2)c2c3cc(-c4ccc(NC(=O)O)nc4)ccc3ncc21. The number of aliphatic hydroxyl groups is 1. The van der Waals surface area contributed by atoms with Crippen molar-refractivity contribution in [1.82, 2.24) is 19.1 Å². The van der Waals surface area contributed by atoms with E-state index in [0.717, 1.165) is 45.9 Å². The molecule has 4 aromatic rings. The van der Waals surface area contributed by atoms with E-state index in [1.165, 1.54) is 0 Å². The molecule has 0 radical (unpaired) electrons. The van der Waals surface area contributed by atoms with Crippen molar-refractivity contribution in [3.05, 3.63) is 53.2 Å². The summed E-state index contributed by atoms with van der Waals surface area (Å²) in [6.45, 7) is 0. The Balaban J connectivity index is 1.66. The van der Waals surface area contributed by atoms with E-state index >= 15 is 0 Å². The summed E-state index contributed by atoms with van der Waals surface area (Å²) in [4.78, 5) is 32.7.